The Kier molecular flexibility index (Phi) is 3.46. The van der Waals surface area contributed by atoms with Gasteiger partial charge in [-0.3, -0.25) is 0 Å². The van der Waals surface area contributed by atoms with Crippen LogP contribution >= 0.6 is 11.3 Å². The van der Waals surface area contributed by atoms with Crippen molar-refractivity contribution in [3.63, 3.8) is 0 Å². The molecule has 0 saturated heterocycles. The van der Waals surface area contributed by atoms with Crippen molar-refractivity contribution in [2.45, 2.75) is 12.5 Å². The molecule has 98 valence electrons. The Hall–Kier alpha value is -2.22. The number of para-hydroxylation sites is 1. The molecule has 2 aromatic carbocycles. The van der Waals surface area contributed by atoms with E-state index in [0.717, 1.165) is 20.8 Å². The Bertz CT molecular complexity index is 738. The van der Waals surface area contributed by atoms with E-state index in [1.807, 2.05) is 24.3 Å². The highest BCUT2D eigenvalue weighted by Crippen LogP contribution is 2.26. The second-order valence-electron chi connectivity index (χ2n) is 4.53. The molecule has 0 radical (unpaired) electrons. The van der Waals surface area contributed by atoms with Gasteiger partial charge in [0.2, 0.25) is 0 Å². The third-order valence-electron chi connectivity index (χ3n) is 3.13. The van der Waals surface area contributed by atoms with Crippen LogP contribution in [0, 0.1) is 11.3 Å². The number of fused-ring (bicyclic) bond motifs is 1. The van der Waals surface area contributed by atoms with E-state index in [0.29, 0.717) is 12.0 Å². The minimum absolute atomic E-state index is 0.491. The quantitative estimate of drug-likeness (QED) is 0.799. The number of rotatable bonds is 3. The summed E-state index contributed by atoms with van der Waals surface area (Å²) in [6.45, 7) is 0. The van der Waals surface area contributed by atoms with E-state index in [2.05, 4.69) is 11.1 Å². The van der Waals surface area contributed by atoms with Gasteiger partial charge in [0.15, 0.2) is 0 Å². The molecule has 0 aliphatic carbocycles. The summed E-state index contributed by atoms with van der Waals surface area (Å²) in [5, 5.41) is 19.9. The zero-order valence-electron chi connectivity index (χ0n) is 10.7. The zero-order valence-corrected chi connectivity index (χ0v) is 11.5. The molecule has 1 aromatic heterocycles. The maximum Gasteiger partial charge on any atom is 0.0991 e. The predicted molar refractivity (Wildman–Crippen MR) is 79.4 cm³/mol. The SMILES string of the molecule is N#Cc1ccc(C(O)Cc2nc3ccccc3s2)cc1. The molecule has 20 heavy (non-hydrogen) atoms. The number of nitrogens with zero attached hydrogens (tertiary/aromatic N) is 2. The maximum absolute atomic E-state index is 10.2. The van der Waals surface area contributed by atoms with Gasteiger partial charge in [0.05, 0.1) is 33.0 Å². The number of hydrogen-bond acceptors (Lipinski definition) is 4. The molecule has 0 amide bonds. The summed E-state index contributed by atoms with van der Waals surface area (Å²) in [7, 11) is 0. The van der Waals surface area contributed by atoms with E-state index in [1.54, 1.807) is 35.6 Å². The first-order chi connectivity index (χ1) is 9.76. The number of hydrogen-bond donors (Lipinski definition) is 1. The van der Waals surface area contributed by atoms with Gasteiger partial charge in [0, 0.05) is 6.42 Å². The van der Waals surface area contributed by atoms with E-state index in [4.69, 9.17) is 5.26 Å². The molecule has 1 N–H and O–H groups in total. The van der Waals surface area contributed by atoms with Crippen LogP contribution in [0.4, 0.5) is 0 Å². The first-order valence-corrected chi connectivity index (χ1v) is 7.10. The first kappa shape index (κ1) is 12.8. The Morgan fingerprint density at radius 2 is 1.90 bits per heavy atom. The van der Waals surface area contributed by atoms with Crippen LogP contribution < -0.4 is 0 Å². The fraction of sp³-hybridized carbons (Fsp3) is 0.125. The monoisotopic (exact) mass is 280 g/mol. The number of aliphatic hydroxyl groups excluding tert-OH is 1. The topological polar surface area (TPSA) is 56.9 Å². The molecular weight excluding hydrogens is 268 g/mol. The molecular formula is C16H12N2OS. The summed E-state index contributed by atoms with van der Waals surface area (Å²) in [5.41, 5.74) is 2.38. The third-order valence-corrected chi connectivity index (χ3v) is 4.19. The molecule has 0 saturated carbocycles. The molecule has 0 aliphatic heterocycles. The number of thiazole rings is 1. The van der Waals surface area contributed by atoms with Crippen LogP contribution in [0.2, 0.25) is 0 Å². The molecule has 0 fully saturated rings. The van der Waals surface area contributed by atoms with Crippen molar-refractivity contribution >= 4 is 21.6 Å². The second kappa shape index (κ2) is 5.41. The van der Waals surface area contributed by atoms with Gasteiger partial charge in [-0.2, -0.15) is 5.26 Å². The van der Waals surface area contributed by atoms with E-state index < -0.39 is 6.10 Å². The lowest BCUT2D eigenvalue weighted by Gasteiger charge is -2.08. The van der Waals surface area contributed by atoms with Crippen LogP contribution in [0.5, 0.6) is 0 Å². The summed E-state index contributed by atoms with van der Waals surface area (Å²) >= 11 is 1.60. The van der Waals surface area contributed by atoms with Crippen molar-refractivity contribution in [1.82, 2.24) is 4.98 Å². The minimum Gasteiger partial charge on any atom is -0.388 e. The van der Waals surface area contributed by atoms with Crippen molar-refractivity contribution < 1.29 is 5.11 Å². The average Bonchev–Trinajstić information content (AvgIpc) is 2.89. The van der Waals surface area contributed by atoms with Gasteiger partial charge in [-0.1, -0.05) is 24.3 Å². The largest absolute Gasteiger partial charge is 0.388 e. The number of nitriles is 1. The van der Waals surface area contributed by atoms with Gasteiger partial charge >= 0.3 is 0 Å². The predicted octanol–water partition coefficient (Wildman–Crippen LogP) is 3.44. The lowest BCUT2D eigenvalue weighted by atomic mass is 10.1. The van der Waals surface area contributed by atoms with Crippen molar-refractivity contribution in [1.29, 1.82) is 5.26 Å². The molecule has 3 rings (SSSR count). The second-order valence-corrected chi connectivity index (χ2v) is 5.64. The zero-order chi connectivity index (χ0) is 13.9. The van der Waals surface area contributed by atoms with Gasteiger partial charge < -0.3 is 5.11 Å². The molecule has 1 unspecified atom stereocenters. The van der Waals surface area contributed by atoms with E-state index in [9.17, 15) is 5.11 Å². The van der Waals surface area contributed by atoms with Crippen LogP contribution in [-0.2, 0) is 6.42 Å². The Morgan fingerprint density at radius 1 is 1.15 bits per heavy atom. The lowest BCUT2D eigenvalue weighted by Crippen LogP contribution is -2.01. The highest BCUT2D eigenvalue weighted by Gasteiger charge is 2.12. The highest BCUT2D eigenvalue weighted by molar-refractivity contribution is 7.18. The molecule has 0 bridgehead atoms. The summed E-state index contributed by atoms with van der Waals surface area (Å²) in [4.78, 5) is 4.52. The molecule has 3 aromatic rings. The van der Waals surface area contributed by atoms with Crippen molar-refractivity contribution in [3.05, 3.63) is 64.7 Å². The molecule has 3 nitrogen and oxygen atoms in total. The summed E-state index contributed by atoms with van der Waals surface area (Å²) in [5.74, 6) is 0. The fourth-order valence-electron chi connectivity index (χ4n) is 2.07. The highest BCUT2D eigenvalue weighted by atomic mass is 32.1. The number of benzene rings is 2. The lowest BCUT2D eigenvalue weighted by molar-refractivity contribution is 0.178. The smallest absolute Gasteiger partial charge is 0.0991 e. The maximum atomic E-state index is 10.2. The number of aromatic nitrogens is 1. The summed E-state index contributed by atoms with van der Waals surface area (Å²) < 4.78 is 1.13. The number of aliphatic hydroxyl groups is 1. The van der Waals surface area contributed by atoms with Crippen molar-refractivity contribution in [2.24, 2.45) is 0 Å². The molecule has 0 aliphatic rings. The molecule has 1 heterocycles. The standard InChI is InChI=1S/C16H12N2OS/c17-10-11-5-7-12(8-6-11)14(19)9-16-18-13-3-1-2-4-15(13)20-16/h1-8,14,19H,9H2. The van der Waals surface area contributed by atoms with E-state index in [1.165, 1.54) is 0 Å². The minimum atomic E-state index is -0.594. The molecule has 1 atom stereocenters. The van der Waals surface area contributed by atoms with Crippen LogP contribution in [0.3, 0.4) is 0 Å². The van der Waals surface area contributed by atoms with Crippen LogP contribution in [-0.4, -0.2) is 10.1 Å². The van der Waals surface area contributed by atoms with Gasteiger partial charge in [0.1, 0.15) is 0 Å². The summed E-state index contributed by atoms with van der Waals surface area (Å²) in [6, 6.07) is 17.0. The van der Waals surface area contributed by atoms with Gasteiger partial charge in [-0.25, -0.2) is 4.98 Å². The molecule has 0 spiro atoms. The van der Waals surface area contributed by atoms with Crippen LogP contribution in [0.1, 0.15) is 22.2 Å². The first-order valence-electron chi connectivity index (χ1n) is 6.29. The fourth-order valence-corrected chi connectivity index (χ4v) is 3.07. The Balaban J connectivity index is 1.80. The van der Waals surface area contributed by atoms with E-state index in [-0.39, 0.29) is 0 Å². The Morgan fingerprint density at radius 3 is 2.60 bits per heavy atom. The van der Waals surface area contributed by atoms with Gasteiger partial charge in [-0.15, -0.1) is 11.3 Å². The van der Waals surface area contributed by atoms with Gasteiger partial charge in [0.25, 0.3) is 0 Å². The van der Waals surface area contributed by atoms with Crippen molar-refractivity contribution in [2.75, 3.05) is 0 Å². The molecule has 4 heteroatoms. The van der Waals surface area contributed by atoms with Crippen LogP contribution in [0.15, 0.2) is 48.5 Å². The van der Waals surface area contributed by atoms with E-state index >= 15 is 0 Å². The van der Waals surface area contributed by atoms with Gasteiger partial charge in [-0.05, 0) is 29.8 Å². The van der Waals surface area contributed by atoms with Crippen molar-refractivity contribution in [3.8, 4) is 6.07 Å². The summed E-state index contributed by atoms with van der Waals surface area (Å²) in [6.07, 6.45) is -0.103. The normalized spacial score (nSPS) is 12.2. The Labute approximate surface area is 120 Å². The van der Waals surface area contributed by atoms with Crippen LogP contribution in [0.25, 0.3) is 10.2 Å². The third kappa shape index (κ3) is 2.55. The average molecular weight is 280 g/mol.